The molecular weight excluding hydrogens is 160 g/mol. The Kier molecular flexibility index (Phi) is 4.24. The van der Waals surface area contributed by atoms with Gasteiger partial charge in [0, 0.05) is 6.61 Å². The first kappa shape index (κ1) is 11.0. The van der Waals surface area contributed by atoms with Crippen LogP contribution in [0.4, 0.5) is 0 Å². The normalized spacial score (nSPS) is 34.8. The summed E-state index contributed by atoms with van der Waals surface area (Å²) >= 11 is 0. The van der Waals surface area contributed by atoms with Crippen LogP contribution in [0.3, 0.4) is 0 Å². The lowest BCUT2D eigenvalue weighted by Crippen LogP contribution is -2.39. The van der Waals surface area contributed by atoms with Gasteiger partial charge in [0.2, 0.25) is 0 Å². The first-order chi connectivity index (χ1) is 6.19. The summed E-state index contributed by atoms with van der Waals surface area (Å²) in [6.07, 6.45) is 7.81. The molecule has 0 bridgehead atoms. The molecular formula is C12H24O. The van der Waals surface area contributed by atoms with Crippen molar-refractivity contribution in [1.82, 2.24) is 0 Å². The molecule has 0 aromatic rings. The number of ether oxygens (including phenoxy) is 1. The summed E-state index contributed by atoms with van der Waals surface area (Å²) in [5.41, 5.74) is 0.188. The van der Waals surface area contributed by atoms with E-state index in [9.17, 15) is 0 Å². The van der Waals surface area contributed by atoms with Gasteiger partial charge in [-0.15, -0.1) is 0 Å². The molecule has 0 heterocycles. The average molecular weight is 184 g/mol. The number of unbranched alkanes of at least 4 members (excludes halogenated alkanes) is 1. The molecule has 13 heavy (non-hydrogen) atoms. The topological polar surface area (TPSA) is 9.23 Å². The van der Waals surface area contributed by atoms with Crippen molar-refractivity contribution in [3.63, 3.8) is 0 Å². The van der Waals surface area contributed by atoms with Crippen LogP contribution in [0.1, 0.15) is 59.3 Å². The van der Waals surface area contributed by atoms with E-state index in [1.165, 1.54) is 38.5 Å². The van der Waals surface area contributed by atoms with Crippen LogP contribution in [-0.2, 0) is 4.74 Å². The van der Waals surface area contributed by atoms with Crippen LogP contribution in [0.5, 0.6) is 0 Å². The van der Waals surface area contributed by atoms with Gasteiger partial charge < -0.3 is 4.74 Å². The monoisotopic (exact) mass is 184 g/mol. The van der Waals surface area contributed by atoms with Gasteiger partial charge in [0.15, 0.2) is 0 Å². The van der Waals surface area contributed by atoms with Crippen molar-refractivity contribution in [2.45, 2.75) is 64.9 Å². The maximum atomic E-state index is 6.02. The Morgan fingerprint density at radius 3 is 2.77 bits per heavy atom. The molecule has 0 aromatic carbocycles. The van der Waals surface area contributed by atoms with Gasteiger partial charge in [-0.25, -0.2) is 0 Å². The minimum Gasteiger partial charge on any atom is -0.375 e. The molecule has 0 aromatic heterocycles. The van der Waals surface area contributed by atoms with Crippen LogP contribution in [-0.4, -0.2) is 12.2 Å². The summed E-state index contributed by atoms with van der Waals surface area (Å²) < 4.78 is 6.02. The molecule has 78 valence electrons. The van der Waals surface area contributed by atoms with Crippen LogP contribution in [0.15, 0.2) is 0 Å². The molecule has 1 aliphatic rings. The van der Waals surface area contributed by atoms with E-state index in [0.29, 0.717) is 0 Å². The number of hydrogen-bond donors (Lipinski definition) is 0. The van der Waals surface area contributed by atoms with Crippen LogP contribution in [0.25, 0.3) is 0 Å². The molecule has 1 fully saturated rings. The van der Waals surface area contributed by atoms with E-state index in [0.717, 1.165) is 12.5 Å². The third-order valence-corrected chi connectivity index (χ3v) is 3.53. The highest BCUT2D eigenvalue weighted by Crippen LogP contribution is 2.36. The lowest BCUT2D eigenvalue weighted by atomic mass is 9.77. The molecule has 1 saturated carbocycles. The van der Waals surface area contributed by atoms with Crippen molar-refractivity contribution in [2.75, 3.05) is 6.61 Å². The van der Waals surface area contributed by atoms with Crippen molar-refractivity contribution in [3.8, 4) is 0 Å². The lowest BCUT2D eigenvalue weighted by Gasteiger charge is -2.39. The van der Waals surface area contributed by atoms with Gasteiger partial charge in [-0.1, -0.05) is 33.1 Å². The van der Waals surface area contributed by atoms with E-state index < -0.39 is 0 Å². The smallest absolute Gasteiger partial charge is 0.0679 e. The van der Waals surface area contributed by atoms with Crippen LogP contribution >= 0.6 is 0 Å². The molecule has 0 aliphatic heterocycles. The van der Waals surface area contributed by atoms with Crippen LogP contribution in [0.2, 0.25) is 0 Å². The van der Waals surface area contributed by atoms with Gasteiger partial charge in [-0.05, 0) is 32.1 Å². The lowest BCUT2D eigenvalue weighted by molar-refractivity contribution is -0.0907. The summed E-state index contributed by atoms with van der Waals surface area (Å²) in [6, 6.07) is 0. The van der Waals surface area contributed by atoms with E-state index in [4.69, 9.17) is 4.74 Å². The van der Waals surface area contributed by atoms with Crippen molar-refractivity contribution in [1.29, 1.82) is 0 Å². The first-order valence-corrected chi connectivity index (χ1v) is 5.83. The van der Waals surface area contributed by atoms with Crippen molar-refractivity contribution in [3.05, 3.63) is 0 Å². The average Bonchev–Trinajstić information content (AvgIpc) is 2.11. The zero-order chi connectivity index (χ0) is 9.73. The fourth-order valence-corrected chi connectivity index (χ4v) is 2.14. The summed E-state index contributed by atoms with van der Waals surface area (Å²) in [4.78, 5) is 0. The maximum Gasteiger partial charge on any atom is 0.0679 e. The summed E-state index contributed by atoms with van der Waals surface area (Å²) in [6.45, 7) is 7.81. The Hall–Kier alpha value is -0.0400. The van der Waals surface area contributed by atoms with Gasteiger partial charge in [-0.2, -0.15) is 0 Å². The standard InChI is InChI=1S/C12H24O/c1-4-5-10-13-12(3)9-7-6-8-11(12)2/h11H,4-10H2,1-3H3. The fourth-order valence-electron chi connectivity index (χ4n) is 2.14. The first-order valence-electron chi connectivity index (χ1n) is 5.83. The Morgan fingerprint density at radius 2 is 2.15 bits per heavy atom. The highest BCUT2D eigenvalue weighted by molar-refractivity contribution is 4.85. The number of hydrogen-bond acceptors (Lipinski definition) is 1. The molecule has 0 radical (unpaired) electrons. The van der Waals surface area contributed by atoms with Crippen LogP contribution < -0.4 is 0 Å². The molecule has 2 atom stereocenters. The zero-order valence-corrected chi connectivity index (χ0v) is 9.44. The molecule has 0 saturated heterocycles. The summed E-state index contributed by atoms with van der Waals surface area (Å²) in [5.74, 6) is 0.748. The van der Waals surface area contributed by atoms with Crippen molar-refractivity contribution < 1.29 is 4.74 Å². The van der Waals surface area contributed by atoms with Gasteiger partial charge in [0.25, 0.3) is 0 Å². The Bertz CT molecular complexity index is 144. The van der Waals surface area contributed by atoms with E-state index in [1.807, 2.05) is 0 Å². The minimum absolute atomic E-state index is 0.188. The third kappa shape index (κ3) is 2.98. The molecule has 1 heteroatoms. The SMILES string of the molecule is CCCCOC1(C)CCCCC1C. The van der Waals surface area contributed by atoms with Gasteiger partial charge in [0.1, 0.15) is 0 Å². The molecule has 1 rings (SSSR count). The van der Waals surface area contributed by atoms with E-state index in [-0.39, 0.29) is 5.60 Å². The second kappa shape index (κ2) is 4.99. The molecule has 1 nitrogen and oxygen atoms in total. The Labute approximate surface area is 82.9 Å². The molecule has 0 spiro atoms. The largest absolute Gasteiger partial charge is 0.375 e. The molecule has 0 N–H and O–H groups in total. The highest BCUT2D eigenvalue weighted by atomic mass is 16.5. The van der Waals surface area contributed by atoms with Gasteiger partial charge in [0.05, 0.1) is 5.60 Å². The number of rotatable bonds is 4. The van der Waals surface area contributed by atoms with Crippen molar-refractivity contribution in [2.24, 2.45) is 5.92 Å². The summed E-state index contributed by atoms with van der Waals surface area (Å²) in [5, 5.41) is 0. The second-order valence-electron chi connectivity index (χ2n) is 4.66. The predicted octanol–water partition coefficient (Wildman–Crippen LogP) is 3.77. The Morgan fingerprint density at radius 1 is 1.38 bits per heavy atom. The quantitative estimate of drug-likeness (QED) is 0.604. The van der Waals surface area contributed by atoms with Gasteiger partial charge in [-0.3, -0.25) is 0 Å². The predicted molar refractivity (Wildman–Crippen MR) is 56.9 cm³/mol. The molecule has 1 aliphatic carbocycles. The summed E-state index contributed by atoms with van der Waals surface area (Å²) in [7, 11) is 0. The van der Waals surface area contributed by atoms with Crippen molar-refractivity contribution >= 4 is 0 Å². The van der Waals surface area contributed by atoms with Gasteiger partial charge >= 0.3 is 0 Å². The molecule has 2 unspecified atom stereocenters. The zero-order valence-electron chi connectivity index (χ0n) is 9.44. The van der Waals surface area contributed by atoms with E-state index in [2.05, 4.69) is 20.8 Å². The molecule has 0 amide bonds. The van der Waals surface area contributed by atoms with Crippen LogP contribution in [0, 0.1) is 5.92 Å². The van der Waals surface area contributed by atoms with E-state index in [1.54, 1.807) is 0 Å². The minimum atomic E-state index is 0.188. The Balaban J connectivity index is 2.33. The highest BCUT2D eigenvalue weighted by Gasteiger charge is 2.33. The maximum absolute atomic E-state index is 6.02. The third-order valence-electron chi connectivity index (χ3n) is 3.53. The fraction of sp³-hybridized carbons (Fsp3) is 1.00. The second-order valence-corrected chi connectivity index (χ2v) is 4.66. The van der Waals surface area contributed by atoms with E-state index >= 15 is 0 Å².